The number of methoxy groups -OCH3 is 1. The number of rotatable bonds is 9. The normalized spacial score (nSPS) is 23.6. The van der Waals surface area contributed by atoms with Gasteiger partial charge in [-0.25, -0.2) is 4.39 Å². The number of nitrogens with zero attached hydrogens (tertiary/aromatic N) is 1. The number of carbonyl (C=O) groups excluding carboxylic acids is 2. The van der Waals surface area contributed by atoms with Crippen LogP contribution in [0.25, 0.3) is 0 Å². The van der Waals surface area contributed by atoms with E-state index in [9.17, 15) is 29.3 Å². The van der Waals surface area contributed by atoms with Gasteiger partial charge in [0.1, 0.15) is 18.0 Å². The number of hydrogen-bond donors (Lipinski definition) is 4. The van der Waals surface area contributed by atoms with E-state index in [4.69, 9.17) is 9.47 Å². The van der Waals surface area contributed by atoms with Crippen molar-refractivity contribution in [3.8, 4) is 11.5 Å². The highest BCUT2D eigenvalue weighted by Gasteiger charge is 2.52. The van der Waals surface area contributed by atoms with E-state index < -0.39 is 35.9 Å². The van der Waals surface area contributed by atoms with Gasteiger partial charge in [0.05, 0.1) is 32.3 Å². The van der Waals surface area contributed by atoms with Crippen LogP contribution in [0.2, 0.25) is 0 Å². The van der Waals surface area contributed by atoms with Crippen molar-refractivity contribution in [2.75, 3.05) is 20.3 Å². The summed E-state index contributed by atoms with van der Waals surface area (Å²) >= 11 is 0. The molecule has 0 bridgehead atoms. The van der Waals surface area contributed by atoms with E-state index in [0.717, 1.165) is 12.8 Å². The van der Waals surface area contributed by atoms with Crippen LogP contribution in [0.3, 0.4) is 0 Å². The van der Waals surface area contributed by atoms with E-state index in [0.29, 0.717) is 28.2 Å². The number of aliphatic hydroxyl groups is 3. The third-order valence-electron chi connectivity index (χ3n) is 7.33. The number of aliphatic hydroxyl groups excluding tert-OH is 3. The van der Waals surface area contributed by atoms with Gasteiger partial charge in [0.25, 0.3) is 0 Å². The second-order valence-electron chi connectivity index (χ2n) is 9.88. The van der Waals surface area contributed by atoms with E-state index in [2.05, 4.69) is 5.32 Å². The third-order valence-corrected chi connectivity index (χ3v) is 7.33. The molecular weight excluding hydrogens is 495 g/mol. The molecule has 1 aliphatic heterocycles. The van der Waals surface area contributed by atoms with Crippen LogP contribution in [0.15, 0.2) is 48.0 Å². The number of fused-ring (bicyclic) bond motifs is 3. The zero-order valence-corrected chi connectivity index (χ0v) is 21.0. The minimum Gasteiger partial charge on any atom is -0.493 e. The van der Waals surface area contributed by atoms with Crippen LogP contribution in [0.4, 0.5) is 4.39 Å². The molecule has 2 aliphatic carbocycles. The van der Waals surface area contributed by atoms with Gasteiger partial charge in [-0.1, -0.05) is 12.1 Å². The summed E-state index contributed by atoms with van der Waals surface area (Å²) in [6, 6.07) is 8.25. The van der Waals surface area contributed by atoms with Gasteiger partial charge in [-0.15, -0.1) is 0 Å². The van der Waals surface area contributed by atoms with Gasteiger partial charge in [-0.3, -0.25) is 9.59 Å². The molecule has 1 fully saturated rings. The Morgan fingerprint density at radius 3 is 2.53 bits per heavy atom. The summed E-state index contributed by atoms with van der Waals surface area (Å²) in [5.74, 6) is -1.16. The van der Waals surface area contributed by atoms with Crippen molar-refractivity contribution in [1.29, 1.82) is 0 Å². The first-order valence-electron chi connectivity index (χ1n) is 12.7. The molecule has 0 saturated heterocycles. The molecule has 0 radical (unpaired) electrons. The van der Waals surface area contributed by atoms with E-state index in [-0.39, 0.29) is 43.7 Å². The Balaban J connectivity index is 1.58. The molecule has 3 aliphatic rings. The lowest BCUT2D eigenvalue weighted by molar-refractivity contribution is -0.139. The minimum absolute atomic E-state index is 0.0226. The summed E-state index contributed by atoms with van der Waals surface area (Å²) in [5.41, 5.74) is 2.10. The van der Waals surface area contributed by atoms with Crippen LogP contribution in [-0.4, -0.2) is 70.5 Å². The number of benzene rings is 2. The van der Waals surface area contributed by atoms with Crippen molar-refractivity contribution in [2.24, 2.45) is 5.92 Å². The first-order chi connectivity index (χ1) is 18.4. The summed E-state index contributed by atoms with van der Waals surface area (Å²) in [7, 11) is 1.46. The predicted molar refractivity (Wildman–Crippen MR) is 134 cm³/mol. The largest absolute Gasteiger partial charge is 0.493 e. The van der Waals surface area contributed by atoms with Gasteiger partial charge in [0.15, 0.2) is 11.5 Å². The molecular formula is C28H31FN2O7. The highest BCUT2D eigenvalue weighted by Crippen LogP contribution is 2.51. The fraction of sp³-hybridized carbons (Fsp3) is 0.429. The molecule has 0 spiro atoms. The summed E-state index contributed by atoms with van der Waals surface area (Å²) in [6.07, 6.45) is 0.959. The smallest absolute Gasteiger partial charge is 0.247 e. The number of carbonyl (C=O) groups is 2. The topological polar surface area (TPSA) is 129 Å². The van der Waals surface area contributed by atoms with Crippen LogP contribution in [0.5, 0.6) is 11.5 Å². The Morgan fingerprint density at radius 1 is 1.16 bits per heavy atom. The monoisotopic (exact) mass is 526 g/mol. The minimum atomic E-state index is -1.20. The molecule has 0 aromatic heterocycles. The van der Waals surface area contributed by atoms with Gasteiger partial charge in [0, 0.05) is 30.1 Å². The Hall–Kier alpha value is -3.47. The Labute approximate surface area is 219 Å². The molecule has 1 heterocycles. The van der Waals surface area contributed by atoms with Crippen molar-refractivity contribution < 1.29 is 38.8 Å². The summed E-state index contributed by atoms with van der Waals surface area (Å²) in [4.78, 5) is 28.3. The summed E-state index contributed by atoms with van der Waals surface area (Å²) in [6.45, 7) is -0.384. The molecule has 5 rings (SSSR count). The second-order valence-corrected chi connectivity index (χ2v) is 9.88. The molecule has 10 heteroatoms. The highest BCUT2D eigenvalue weighted by atomic mass is 19.1. The maximum absolute atomic E-state index is 13.5. The van der Waals surface area contributed by atoms with Crippen LogP contribution in [-0.2, 0) is 22.7 Å². The average molecular weight is 527 g/mol. The summed E-state index contributed by atoms with van der Waals surface area (Å²) in [5, 5.41) is 33.4. The number of ether oxygens (including phenoxy) is 2. The maximum atomic E-state index is 13.5. The average Bonchev–Trinajstić information content (AvgIpc) is 3.71. The second kappa shape index (κ2) is 10.7. The van der Waals surface area contributed by atoms with Gasteiger partial charge in [-0.05, 0) is 54.3 Å². The van der Waals surface area contributed by atoms with Gasteiger partial charge < -0.3 is 35.0 Å². The molecule has 2 aromatic carbocycles. The lowest BCUT2D eigenvalue weighted by atomic mass is 9.77. The third kappa shape index (κ3) is 4.87. The quantitative estimate of drug-likeness (QED) is 0.389. The number of nitrogens with one attached hydrogen (secondary N) is 1. The van der Waals surface area contributed by atoms with E-state index in [1.54, 1.807) is 30.3 Å². The standard InChI is InChI=1S/C28H31FN2O7/c1-37-22-11-16(14-33)10-19-23-20(27(35)30-8-9-32)12-21(24(34)26(23)38-25(19)22)31(28(36)17-4-5-17)13-15-2-6-18(29)7-3-15/h2-3,6-7,10-12,17,21,23-24,26,32-34H,4-5,8-9,13-14H2,1H3,(H,30,35). The number of amides is 2. The van der Waals surface area contributed by atoms with Gasteiger partial charge >= 0.3 is 0 Å². The summed E-state index contributed by atoms with van der Waals surface area (Å²) < 4.78 is 25.2. The van der Waals surface area contributed by atoms with Crippen LogP contribution in [0.1, 0.15) is 35.4 Å². The van der Waals surface area contributed by atoms with Crippen LogP contribution < -0.4 is 14.8 Å². The maximum Gasteiger partial charge on any atom is 0.247 e. The molecule has 4 N–H and O–H groups in total. The van der Waals surface area contributed by atoms with Gasteiger partial charge in [-0.2, -0.15) is 0 Å². The van der Waals surface area contributed by atoms with Crippen molar-refractivity contribution in [1.82, 2.24) is 10.2 Å². The van der Waals surface area contributed by atoms with Crippen LogP contribution >= 0.6 is 0 Å². The Morgan fingerprint density at radius 2 is 1.89 bits per heavy atom. The lowest BCUT2D eigenvalue weighted by Crippen LogP contribution is -2.55. The van der Waals surface area contributed by atoms with Crippen molar-refractivity contribution >= 4 is 11.8 Å². The van der Waals surface area contributed by atoms with Crippen molar-refractivity contribution in [3.63, 3.8) is 0 Å². The Kier molecular flexibility index (Phi) is 7.38. The molecule has 2 amide bonds. The predicted octanol–water partition coefficient (Wildman–Crippen LogP) is 1.39. The van der Waals surface area contributed by atoms with E-state index in [1.807, 2.05) is 0 Å². The number of hydrogen-bond acceptors (Lipinski definition) is 7. The van der Waals surface area contributed by atoms with Crippen LogP contribution in [0, 0.1) is 11.7 Å². The fourth-order valence-electron chi connectivity index (χ4n) is 5.30. The van der Waals surface area contributed by atoms with Crippen molar-refractivity contribution in [2.45, 2.75) is 50.2 Å². The Bertz CT molecular complexity index is 1240. The first kappa shape index (κ1) is 26.1. The van der Waals surface area contributed by atoms with E-state index >= 15 is 0 Å². The zero-order chi connectivity index (χ0) is 27.0. The highest BCUT2D eigenvalue weighted by molar-refractivity contribution is 5.96. The molecule has 38 heavy (non-hydrogen) atoms. The SMILES string of the molecule is COc1cc(CO)cc2c1OC1C2C(C(=O)NCCO)=CC(N(Cc2ccc(F)cc2)C(=O)C2CC2)C1O. The van der Waals surface area contributed by atoms with E-state index in [1.165, 1.54) is 24.1 Å². The molecule has 9 nitrogen and oxygen atoms in total. The molecule has 4 unspecified atom stereocenters. The fourth-order valence-corrected chi connectivity index (χ4v) is 5.30. The lowest BCUT2D eigenvalue weighted by Gasteiger charge is -2.41. The molecule has 4 atom stereocenters. The van der Waals surface area contributed by atoms with Crippen molar-refractivity contribution in [3.05, 3.63) is 70.6 Å². The first-order valence-corrected chi connectivity index (χ1v) is 12.7. The molecule has 202 valence electrons. The molecule has 1 saturated carbocycles. The molecule has 2 aromatic rings. The van der Waals surface area contributed by atoms with Gasteiger partial charge in [0.2, 0.25) is 11.8 Å². The zero-order valence-electron chi connectivity index (χ0n) is 21.0. The number of halogens is 1.